The van der Waals surface area contributed by atoms with Crippen LogP contribution < -0.4 is 10.9 Å². The standard InChI is InChI=1S/C19H16ClN5O2S2/c1-11(17(26)21-9-14-6-3-7-28-14)29-19-23-16-15(18(27)24-19)10-22-25(16)13-5-2-4-12(20)8-13/h2-8,10-11H,9H2,1H3,(H,21,26)(H,23,24,27). The minimum atomic E-state index is -0.432. The molecule has 0 spiro atoms. The van der Waals surface area contributed by atoms with Crippen LogP contribution in [0.3, 0.4) is 0 Å². The Labute approximate surface area is 179 Å². The number of thiophene rings is 1. The number of amides is 1. The third-order valence-corrected chi connectivity index (χ3v) is 6.24. The van der Waals surface area contributed by atoms with Crippen LogP contribution in [-0.2, 0) is 11.3 Å². The summed E-state index contributed by atoms with van der Waals surface area (Å²) in [5.41, 5.74) is 0.796. The van der Waals surface area contributed by atoms with Crippen molar-refractivity contribution in [3.05, 3.63) is 68.2 Å². The van der Waals surface area contributed by atoms with Crippen molar-refractivity contribution in [3.63, 3.8) is 0 Å². The van der Waals surface area contributed by atoms with E-state index in [9.17, 15) is 9.59 Å². The van der Waals surface area contributed by atoms with Crippen LogP contribution in [0.1, 0.15) is 11.8 Å². The van der Waals surface area contributed by atoms with Crippen molar-refractivity contribution >= 4 is 51.6 Å². The first-order chi connectivity index (χ1) is 14.0. The van der Waals surface area contributed by atoms with E-state index in [2.05, 4.69) is 20.4 Å². The van der Waals surface area contributed by atoms with Gasteiger partial charge in [0.05, 0.1) is 23.7 Å². The van der Waals surface area contributed by atoms with E-state index in [1.165, 1.54) is 18.0 Å². The summed E-state index contributed by atoms with van der Waals surface area (Å²) >= 11 is 8.84. The molecule has 4 aromatic rings. The molecule has 1 aromatic carbocycles. The van der Waals surface area contributed by atoms with Gasteiger partial charge in [0.1, 0.15) is 5.39 Å². The Hall–Kier alpha value is -2.62. The summed E-state index contributed by atoms with van der Waals surface area (Å²) in [7, 11) is 0. The zero-order valence-corrected chi connectivity index (χ0v) is 17.6. The number of rotatable bonds is 6. The average Bonchev–Trinajstić information content (AvgIpc) is 3.36. The number of carbonyl (C=O) groups excluding carboxylic acids is 1. The Morgan fingerprint density at radius 3 is 3.00 bits per heavy atom. The number of H-pyrrole nitrogens is 1. The Balaban J connectivity index is 1.57. The molecule has 3 heterocycles. The van der Waals surface area contributed by atoms with E-state index >= 15 is 0 Å². The number of hydrogen-bond donors (Lipinski definition) is 2. The quantitative estimate of drug-likeness (QED) is 0.349. The second kappa shape index (κ2) is 8.40. The minimum Gasteiger partial charge on any atom is -0.350 e. The molecule has 4 rings (SSSR count). The van der Waals surface area contributed by atoms with E-state index in [0.29, 0.717) is 33.4 Å². The van der Waals surface area contributed by atoms with Crippen LogP contribution in [0.5, 0.6) is 0 Å². The summed E-state index contributed by atoms with van der Waals surface area (Å²) < 4.78 is 1.56. The molecule has 10 heteroatoms. The van der Waals surface area contributed by atoms with Crippen molar-refractivity contribution in [2.45, 2.75) is 23.9 Å². The summed E-state index contributed by atoms with van der Waals surface area (Å²) in [5, 5.41) is 9.97. The number of fused-ring (bicyclic) bond motifs is 1. The van der Waals surface area contributed by atoms with Gasteiger partial charge in [-0.2, -0.15) is 5.10 Å². The summed E-state index contributed by atoms with van der Waals surface area (Å²) in [5.74, 6) is -0.130. The van der Waals surface area contributed by atoms with Crippen molar-refractivity contribution in [2.75, 3.05) is 0 Å². The lowest BCUT2D eigenvalue weighted by molar-refractivity contribution is -0.120. The number of nitrogens with one attached hydrogen (secondary N) is 2. The maximum Gasteiger partial charge on any atom is 0.262 e. The molecule has 7 nitrogen and oxygen atoms in total. The fourth-order valence-corrected chi connectivity index (χ4v) is 4.35. The molecule has 0 saturated heterocycles. The van der Waals surface area contributed by atoms with Crippen LogP contribution >= 0.6 is 34.7 Å². The SMILES string of the molecule is CC(Sc1nc2c(cnn2-c2cccc(Cl)c2)c(=O)[nH]1)C(=O)NCc1cccs1. The van der Waals surface area contributed by atoms with Gasteiger partial charge in [-0.25, -0.2) is 9.67 Å². The number of hydrogen-bond acceptors (Lipinski definition) is 6. The molecular formula is C19H16ClN5O2S2. The molecule has 1 atom stereocenters. The molecular weight excluding hydrogens is 430 g/mol. The summed E-state index contributed by atoms with van der Waals surface area (Å²) in [6.45, 7) is 2.25. The Bertz CT molecular complexity index is 1220. The van der Waals surface area contributed by atoms with Gasteiger partial charge >= 0.3 is 0 Å². The fourth-order valence-electron chi connectivity index (χ4n) is 2.70. The van der Waals surface area contributed by atoms with E-state index in [4.69, 9.17) is 11.6 Å². The normalized spacial score (nSPS) is 12.2. The first-order valence-corrected chi connectivity index (χ1v) is 10.9. The monoisotopic (exact) mass is 445 g/mol. The maximum absolute atomic E-state index is 12.5. The molecule has 29 heavy (non-hydrogen) atoms. The van der Waals surface area contributed by atoms with Gasteiger partial charge in [0.2, 0.25) is 5.91 Å². The molecule has 1 amide bonds. The summed E-state index contributed by atoms with van der Waals surface area (Å²) in [6.07, 6.45) is 1.47. The lowest BCUT2D eigenvalue weighted by Gasteiger charge is -2.11. The van der Waals surface area contributed by atoms with Crippen LogP contribution in [0.25, 0.3) is 16.7 Å². The highest BCUT2D eigenvalue weighted by Gasteiger charge is 2.18. The number of carbonyl (C=O) groups is 1. The predicted molar refractivity (Wildman–Crippen MR) is 116 cm³/mol. The van der Waals surface area contributed by atoms with Gasteiger partial charge in [-0.15, -0.1) is 11.3 Å². The number of aromatic nitrogens is 4. The number of benzene rings is 1. The molecule has 0 aliphatic heterocycles. The second-order valence-corrected chi connectivity index (χ2v) is 9.00. The topological polar surface area (TPSA) is 92.7 Å². The number of thioether (sulfide) groups is 1. The fraction of sp³-hybridized carbons (Fsp3) is 0.158. The Kier molecular flexibility index (Phi) is 5.70. The third kappa shape index (κ3) is 4.36. The van der Waals surface area contributed by atoms with Gasteiger partial charge in [0, 0.05) is 9.90 Å². The van der Waals surface area contributed by atoms with Crippen molar-refractivity contribution < 1.29 is 4.79 Å². The molecule has 2 N–H and O–H groups in total. The minimum absolute atomic E-state index is 0.130. The lowest BCUT2D eigenvalue weighted by Crippen LogP contribution is -2.30. The highest BCUT2D eigenvalue weighted by Crippen LogP contribution is 2.22. The van der Waals surface area contributed by atoms with Crippen LogP contribution in [-0.4, -0.2) is 30.9 Å². The summed E-state index contributed by atoms with van der Waals surface area (Å²) in [4.78, 5) is 33.2. The zero-order valence-electron chi connectivity index (χ0n) is 15.3. The van der Waals surface area contributed by atoms with Gasteiger partial charge < -0.3 is 10.3 Å². The summed E-state index contributed by atoms with van der Waals surface area (Å²) in [6, 6.07) is 11.0. The Morgan fingerprint density at radius 1 is 1.38 bits per heavy atom. The second-order valence-electron chi connectivity index (χ2n) is 6.20. The zero-order chi connectivity index (χ0) is 20.4. The molecule has 3 aromatic heterocycles. The van der Waals surface area contributed by atoms with Gasteiger partial charge in [-0.05, 0) is 36.6 Å². The van der Waals surface area contributed by atoms with E-state index < -0.39 is 5.25 Å². The van der Waals surface area contributed by atoms with Gasteiger partial charge in [0.25, 0.3) is 5.56 Å². The Morgan fingerprint density at radius 2 is 2.24 bits per heavy atom. The van der Waals surface area contributed by atoms with Crippen molar-refractivity contribution in [2.24, 2.45) is 0 Å². The number of halogens is 1. The largest absolute Gasteiger partial charge is 0.350 e. The van der Waals surface area contributed by atoms with Crippen molar-refractivity contribution in [3.8, 4) is 5.69 Å². The first-order valence-electron chi connectivity index (χ1n) is 8.72. The first kappa shape index (κ1) is 19.7. The number of aromatic amines is 1. The highest BCUT2D eigenvalue weighted by atomic mass is 35.5. The van der Waals surface area contributed by atoms with Crippen molar-refractivity contribution in [1.29, 1.82) is 0 Å². The molecule has 0 radical (unpaired) electrons. The molecule has 0 bridgehead atoms. The van der Waals surface area contributed by atoms with E-state index in [1.807, 2.05) is 23.6 Å². The molecule has 148 valence electrons. The average molecular weight is 446 g/mol. The van der Waals surface area contributed by atoms with Gasteiger partial charge in [-0.1, -0.05) is 35.5 Å². The van der Waals surface area contributed by atoms with Crippen LogP contribution in [0.4, 0.5) is 0 Å². The third-order valence-electron chi connectivity index (χ3n) is 4.14. The lowest BCUT2D eigenvalue weighted by atomic mass is 10.3. The molecule has 0 saturated carbocycles. The van der Waals surface area contributed by atoms with E-state index in [1.54, 1.807) is 41.1 Å². The molecule has 1 unspecified atom stereocenters. The van der Waals surface area contributed by atoms with Crippen LogP contribution in [0.2, 0.25) is 5.02 Å². The van der Waals surface area contributed by atoms with E-state index in [0.717, 1.165) is 4.88 Å². The van der Waals surface area contributed by atoms with Gasteiger partial charge in [-0.3, -0.25) is 9.59 Å². The highest BCUT2D eigenvalue weighted by molar-refractivity contribution is 8.00. The molecule has 0 aliphatic rings. The molecule has 0 aliphatic carbocycles. The van der Waals surface area contributed by atoms with E-state index in [-0.39, 0.29) is 11.5 Å². The van der Waals surface area contributed by atoms with Crippen molar-refractivity contribution in [1.82, 2.24) is 25.1 Å². The van der Waals surface area contributed by atoms with Crippen LogP contribution in [0.15, 0.2) is 57.9 Å². The number of nitrogens with zero attached hydrogens (tertiary/aromatic N) is 3. The van der Waals surface area contributed by atoms with Gasteiger partial charge in [0.15, 0.2) is 10.8 Å². The molecule has 0 fully saturated rings. The predicted octanol–water partition coefficient (Wildman–Crippen LogP) is 3.62. The maximum atomic E-state index is 12.5. The van der Waals surface area contributed by atoms with Crippen LogP contribution in [0, 0.1) is 0 Å². The smallest absolute Gasteiger partial charge is 0.262 e.